The number of sulfone groups is 1. The average Bonchev–Trinajstić information content (AvgIpc) is 2.69. The van der Waals surface area contributed by atoms with Gasteiger partial charge in [-0.1, -0.05) is 18.2 Å². The predicted octanol–water partition coefficient (Wildman–Crippen LogP) is -0.138. The van der Waals surface area contributed by atoms with E-state index in [0.29, 0.717) is 6.42 Å². The number of nitrogens with one attached hydrogen (secondary N) is 2. The Morgan fingerprint density at radius 1 is 1.20 bits per heavy atom. The van der Waals surface area contributed by atoms with Gasteiger partial charge in [-0.3, -0.25) is 0 Å². The highest BCUT2D eigenvalue weighted by molar-refractivity contribution is 7.91. The van der Waals surface area contributed by atoms with E-state index in [4.69, 9.17) is 0 Å². The van der Waals surface area contributed by atoms with Crippen LogP contribution in [0.1, 0.15) is 6.42 Å². The van der Waals surface area contributed by atoms with Crippen LogP contribution in [-0.4, -0.2) is 40.4 Å². The molecule has 0 saturated carbocycles. The van der Waals surface area contributed by atoms with E-state index in [-0.39, 0.29) is 16.4 Å². The first-order chi connectivity index (χ1) is 9.28. The van der Waals surface area contributed by atoms with Crippen LogP contribution in [0.3, 0.4) is 0 Å². The van der Waals surface area contributed by atoms with Crippen molar-refractivity contribution in [3.63, 3.8) is 0 Å². The van der Waals surface area contributed by atoms with Crippen LogP contribution in [0, 0.1) is 0 Å². The highest BCUT2D eigenvalue weighted by atomic mass is 32.2. The van der Waals surface area contributed by atoms with Crippen molar-refractivity contribution in [2.75, 3.05) is 11.5 Å². The van der Waals surface area contributed by atoms with Crippen molar-refractivity contribution < 1.29 is 21.6 Å². The number of hydrogen-bond acceptors (Lipinski definition) is 5. The van der Waals surface area contributed by atoms with Crippen LogP contribution in [0.15, 0.2) is 35.2 Å². The van der Waals surface area contributed by atoms with Gasteiger partial charge in [-0.2, -0.15) is 0 Å². The Morgan fingerprint density at radius 3 is 2.40 bits per heavy atom. The van der Waals surface area contributed by atoms with Crippen molar-refractivity contribution in [1.29, 1.82) is 0 Å². The van der Waals surface area contributed by atoms with Crippen molar-refractivity contribution in [3.05, 3.63) is 30.3 Å². The Bertz CT molecular complexity index is 698. The molecule has 1 atom stereocenters. The summed E-state index contributed by atoms with van der Waals surface area (Å²) in [5.74, 6) is -0.158. The number of carbonyl (C=O) groups is 1. The zero-order valence-electron chi connectivity index (χ0n) is 10.4. The lowest BCUT2D eigenvalue weighted by molar-refractivity contribution is 0.243. The molecule has 1 aromatic carbocycles. The molecule has 2 rings (SSSR count). The van der Waals surface area contributed by atoms with Gasteiger partial charge in [-0.15, -0.1) is 0 Å². The number of amides is 2. The highest BCUT2D eigenvalue weighted by Crippen LogP contribution is 2.11. The largest absolute Gasteiger partial charge is 0.334 e. The van der Waals surface area contributed by atoms with Crippen molar-refractivity contribution in [2.24, 2.45) is 0 Å². The van der Waals surface area contributed by atoms with Crippen LogP contribution in [0.4, 0.5) is 4.79 Å². The number of carbonyl (C=O) groups excluding carboxylic acids is 1. The number of benzene rings is 1. The van der Waals surface area contributed by atoms with Gasteiger partial charge in [-0.05, 0) is 18.6 Å². The van der Waals surface area contributed by atoms with Crippen LogP contribution in [0.25, 0.3) is 0 Å². The fraction of sp³-hybridized carbons (Fsp3) is 0.364. The van der Waals surface area contributed by atoms with E-state index in [0.717, 1.165) is 0 Å². The van der Waals surface area contributed by atoms with Gasteiger partial charge in [0.1, 0.15) is 0 Å². The molecular formula is C11H14N2O5S2. The maximum atomic E-state index is 11.9. The van der Waals surface area contributed by atoms with E-state index in [9.17, 15) is 21.6 Å². The zero-order valence-corrected chi connectivity index (χ0v) is 12.1. The topological polar surface area (TPSA) is 109 Å². The second-order valence-electron chi connectivity index (χ2n) is 4.49. The molecule has 1 saturated heterocycles. The summed E-state index contributed by atoms with van der Waals surface area (Å²) in [6, 6.07) is 5.97. The SMILES string of the molecule is O=C(NC1CCS(=O)(=O)C1)NS(=O)(=O)c1ccccc1. The predicted molar refractivity (Wildman–Crippen MR) is 72.4 cm³/mol. The van der Waals surface area contributed by atoms with Crippen molar-refractivity contribution >= 4 is 25.9 Å². The Kier molecular flexibility index (Phi) is 4.00. The minimum atomic E-state index is -3.94. The molecule has 2 N–H and O–H groups in total. The summed E-state index contributed by atoms with van der Waals surface area (Å²) in [5.41, 5.74) is 0. The van der Waals surface area contributed by atoms with E-state index in [1.165, 1.54) is 24.3 Å². The van der Waals surface area contributed by atoms with Crippen LogP contribution in [0.5, 0.6) is 0 Å². The number of rotatable bonds is 3. The van der Waals surface area contributed by atoms with E-state index in [1.807, 2.05) is 4.72 Å². The molecule has 0 radical (unpaired) electrons. The summed E-state index contributed by atoms with van der Waals surface area (Å²) >= 11 is 0. The summed E-state index contributed by atoms with van der Waals surface area (Å²) < 4.78 is 48.0. The molecule has 1 aromatic rings. The molecule has 2 amide bonds. The summed E-state index contributed by atoms with van der Waals surface area (Å²) in [5, 5.41) is 2.35. The van der Waals surface area contributed by atoms with Crippen LogP contribution < -0.4 is 10.0 Å². The highest BCUT2D eigenvalue weighted by Gasteiger charge is 2.29. The standard InChI is InChI=1S/C11H14N2O5S2/c14-11(12-9-6-7-19(15,16)8-9)13-20(17,18)10-4-2-1-3-5-10/h1-5,9H,6-8H2,(H2,12,13,14). The van der Waals surface area contributed by atoms with Crippen molar-refractivity contribution in [2.45, 2.75) is 17.4 Å². The number of sulfonamides is 1. The van der Waals surface area contributed by atoms with Crippen molar-refractivity contribution in [1.82, 2.24) is 10.0 Å². The lowest BCUT2D eigenvalue weighted by Crippen LogP contribution is -2.44. The second kappa shape index (κ2) is 5.41. The molecule has 1 aliphatic rings. The summed E-state index contributed by atoms with van der Waals surface area (Å²) in [6.45, 7) is 0. The molecule has 110 valence electrons. The van der Waals surface area contributed by atoms with E-state index in [2.05, 4.69) is 5.32 Å². The molecule has 9 heteroatoms. The quantitative estimate of drug-likeness (QED) is 0.806. The smallest absolute Gasteiger partial charge is 0.328 e. The molecular weight excluding hydrogens is 304 g/mol. The molecule has 1 fully saturated rings. The van der Waals surface area contributed by atoms with Gasteiger partial charge < -0.3 is 5.32 Å². The maximum Gasteiger partial charge on any atom is 0.328 e. The van der Waals surface area contributed by atoms with E-state index < -0.39 is 31.9 Å². The monoisotopic (exact) mass is 318 g/mol. The van der Waals surface area contributed by atoms with E-state index >= 15 is 0 Å². The third-order valence-corrected chi connectivity index (χ3v) is 5.96. The normalized spacial score (nSPS) is 21.3. The molecule has 1 unspecified atom stereocenters. The minimum Gasteiger partial charge on any atom is -0.334 e. The Balaban J connectivity index is 1.99. The molecule has 20 heavy (non-hydrogen) atoms. The first-order valence-corrected chi connectivity index (χ1v) is 9.18. The van der Waals surface area contributed by atoms with Gasteiger partial charge in [0.25, 0.3) is 10.0 Å². The van der Waals surface area contributed by atoms with Gasteiger partial charge in [0.15, 0.2) is 9.84 Å². The van der Waals surface area contributed by atoms with Crippen molar-refractivity contribution in [3.8, 4) is 0 Å². The second-order valence-corrected chi connectivity index (χ2v) is 8.40. The fourth-order valence-corrected chi connectivity index (χ4v) is 4.51. The molecule has 7 nitrogen and oxygen atoms in total. The first kappa shape index (κ1) is 14.8. The first-order valence-electron chi connectivity index (χ1n) is 5.87. The van der Waals surface area contributed by atoms with Gasteiger partial charge in [0.05, 0.1) is 16.4 Å². The molecule has 0 aliphatic carbocycles. The molecule has 1 aliphatic heterocycles. The van der Waals surface area contributed by atoms with Gasteiger partial charge >= 0.3 is 6.03 Å². The Morgan fingerprint density at radius 2 is 1.85 bits per heavy atom. The van der Waals surface area contributed by atoms with Crippen LogP contribution in [-0.2, 0) is 19.9 Å². The Hall–Kier alpha value is -1.61. The van der Waals surface area contributed by atoms with E-state index in [1.54, 1.807) is 6.07 Å². The minimum absolute atomic E-state index is 0.00336. The summed E-state index contributed by atoms with van der Waals surface area (Å²) in [4.78, 5) is 11.6. The summed E-state index contributed by atoms with van der Waals surface area (Å²) in [6.07, 6.45) is 0.293. The van der Waals surface area contributed by atoms with Crippen LogP contribution in [0.2, 0.25) is 0 Å². The molecule has 0 spiro atoms. The molecule has 0 bridgehead atoms. The van der Waals surface area contributed by atoms with Gasteiger partial charge in [0, 0.05) is 6.04 Å². The average molecular weight is 318 g/mol. The number of urea groups is 1. The number of hydrogen-bond donors (Lipinski definition) is 2. The van der Waals surface area contributed by atoms with Gasteiger partial charge in [-0.25, -0.2) is 26.4 Å². The lowest BCUT2D eigenvalue weighted by Gasteiger charge is -2.12. The third-order valence-electron chi connectivity index (χ3n) is 2.85. The Labute approximate surface area is 117 Å². The van der Waals surface area contributed by atoms with Crippen LogP contribution >= 0.6 is 0 Å². The molecule has 1 heterocycles. The van der Waals surface area contributed by atoms with Gasteiger partial charge in [0.2, 0.25) is 0 Å². The molecule has 0 aromatic heterocycles. The maximum absolute atomic E-state index is 11.9. The summed E-state index contributed by atoms with van der Waals surface area (Å²) in [7, 11) is -7.07. The fourth-order valence-electron chi connectivity index (χ4n) is 1.90. The third kappa shape index (κ3) is 3.70. The zero-order chi connectivity index (χ0) is 14.8. The lowest BCUT2D eigenvalue weighted by atomic mass is 10.3.